The molecule has 0 radical (unpaired) electrons. The number of Topliss-reactive ketones (excluding diaryl/α,β-unsaturated/α-hetero) is 1. The summed E-state index contributed by atoms with van der Waals surface area (Å²) in [7, 11) is -4.18. The van der Waals surface area contributed by atoms with Gasteiger partial charge in [0.2, 0.25) is 10.0 Å². The van der Waals surface area contributed by atoms with E-state index in [1.54, 1.807) is 6.07 Å². The summed E-state index contributed by atoms with van der Waals surface area (Å²) in [4.78, 5) is 23.3. The summed E-state index contributed by atoms with van der Waals surface area (Å²) in [5.74, 6) is -4.20. The van der Waals surface area contributed by atoms with E-state index in [9.17, 15) is 22.4 Å². The molecule has 1 fully saturated rings. The van der Waals surface area contributed by atoms with Gasteiger partial charge >= 0.3 is 5.97 Å². The molecule has 28 heavy (non-hydrogen) atoms. The van der Waals surface area contributed by atoms with Crippen molar-refractivity contribution in [1.82, 2.24) is 4.31 Å². The van der Waals surface area contributed by atoms with E-state index in [2.05, 4.69) is 6.58 Å². The molecule has 2 rings (SSSR count). The Kier molecular flexibility index (Phi) is 6.85. The number of halogens is 1. The van der Waals surface area contributed by atoms with Crippen LogP contribution in [0, 0.1) is 23.1 Å². The van der Waals surface area contributed by atoms with Crippen molar-refractivity contribution in [2.24, 2.45) is 11.7 Å². The van der Waals surface area contributed by atoms with Gasteiger partial charge in [0.05, 0.1) is 24.8 Å². The van der Waals surface area contributed by atoms with Gasteiger partial charge in [-0.1, -0.05) is 6.58 Å². The number of esters is 1. The summed E-state index contributed by atoms with van der Waals surface area (Å²) < 4.78 is 50.3. The number of nitriles is 1. The van der Waals surface area contributed by atoms with Gasteiger partial charge in [-0.2, -0.15) is 9.57 Å². The van der Waals surface area contributed by atoms with E-state index < -0.39 is 45.0 Å². The Morgan fingerprint density at radius 3 is 2.61 bits per heavy atom. The molecule has 0 spiro atoms. The Balaban J connectivity index is 2.18. The standard InChI is InChI=1S/C17H18FN3O6S/c1-11(20)13(9-19)15(22)10-27-17(23)12-2-3-14(18)16(8-12)28(24,25)21-4-6-26-7-5-21/h2-3,8,13H,1,4-7,10,20H2/t13-/m1/s1. The number of hydrogen-bond acceptors (Lipinski definition) is 8. The first-order valence-corrected chi connectivity index (χ1v) is 9.53. The fraction of sp³-hybridized carbons (Fsp3) is 0.353. The highest BCUT2D eigenvalue weighted by atomic mass is 32.2. The van der Waals surface area contributed by atoms with Crippen LogP contribution in [0.3, 0.4) is 0 Å². The molecule has 11 heteroatoms. The molecule has 0 unspecified atom stereocenters. The zero-order chi connectivity index (χ0) is 20.9. The van der Waals surface area contributed by atoms with Gasteiger partial charge in [0.1, 0.15) is 16.6 Å². The Morgan fingerprint density at radius 1 is 1.39 bits per heavy atom. The number of carbonyl (C=O) groups is 2. The predicted molar refractivity (Wildman–Crippen MR) is 93.7 cm³/mol. The third-order valence-electron chi connectivity index (χ3n) is 3.92. The van der Waals surface area contributed by atoms with Crippen LogP contribution in [0.2, 0.25) is 0 Å². The average Bonchev–Trinajstić information content (AvgIpc) is 2.67. The van der Waals surface area contributed by atoms with E-state index >= 15 is 0 Å². The Labute approximate surface area is 161 Å². The van der Waals surface area contributed by atoms with Crippen molar-refractivity contribution in [1.29, 1.82) is 5.26 Å². The SMILES string of the molecule is C=C(N)[C@@H](C#N)C(=O)COC(=O)c1ccc(F)c(S(=O)(=O)N2CCOCC2)c1. The van der Waals surface area contributed by atoms with Gasteiger partial charge in [-0.05, 0) is 18.2 Å². The topological polar surface area (TPSA) is 140 Å². The van der Waals surface area contributed by atoms with E-state index in [0.717, 1.165) is 22.5 Å². The van der Waals surface area contributed by atoms with Crippen molar-refractivity contribution < 1.29 is 31.9 Å². The molecule has 0 aromatic heterocycles. The maximum absolute atomic E-state index is 14.1. The van der Waals surface area contributed by atoms with E-state index in [1.165, 1.54) is 0 Å². The van der Waals surface area contributed by atoms with Crippen LogP contribution >= 0.6 is 0 Å². The molecule has 0 saturated carbocycles. The van der Waals surface area contributed by atoms with Crippen molar-refractivity contribution in [3.05, 3.63) is 41.9 Å². The minimum absolute atomic E-state index is 0.0590. The molecule has 150 valence electrons. The molecule has 1 saturated heterocycles. The number of nitrogens with zero attached hydrogens (tertiary/aromatic N) is 2. The lowest BCUT2D eigenvalue weighted by Crippen LogP contribution is -2.41. The number of ketones is 1. The molecule has 2 N–H and O–H groups in total. The number of carbonyl (C=O) groups excluding carboxylic acids is 2. The van der Waals surface area contributed by atoms with E-state index in [0.29, 0.717) is 0 Å². The molecule has 1 atom stereocenters. The van der Waals surface area contributed by atoms with Gasteiger partial charge in [0, 0.05) is 18.8 Å². The van der Waals surface area contributed by atoms with Crippen LogP contribution in [-0.4, -0.2) is 57.4 Å². The molecule has 0 aliphatic carbocycles. The second-order valence-electron chi connectivity index (χ2n) is 5.84. The summed E-state index contributed by atoms with van der Waals surface area (Å²) in [5, 5.41) is 8.86. The smallest absolute Gasteiger partial charge is 0.338 e. The lowest BCUT2D eigenvalue weighted by atomic mass is 10.0. The second kappa shape index (κ2) is 8.92. The average molecular weight is 411 g/mol. The van der Waals surface area contributed by atoms with Crippen molar-refractivity contribution in [2.45, 2.75) is 4.90 Å². The highest BCUT2D eigenvalue weighted by Gasteiger charge is 2.30. The van der Waals surface area contributed by atoms with Crippen molar-refractivity contribution in [3.63, 3.8) is 0 Å². The highest BCUT2D eigenvalue weighted by Crippen LogP contribution is 2.22. The summed E-state index contributed by atoms with van der Waals surface area (Å²) in [6.07, 6.45) is 0. The predicted octanol–water partition coefficient (Wildman–Crippen LogP) is 0.185. The number of ether oxygens (including phenoxy) is 2. The van der Waals surface area contributed by atoms with Crippen molar-refractivity contribution in [3.8, 4) is 6.07 Å². The minimum atomic E-state index is -4.18. The largest absolute Gasteiger partial charge is 0.454 e. The first-order valence-electron chi connectivity index (χ1n) is 8.09. The number of morpholine rings is 1. The maximum Gasteiger partial charge on any atom is 0.338 e. The zero-order valence-electron chi connectivity index (χ0n) is 14.8. The van der Waals surface area contributed by atoms with Crippen LogP contribution < -0.4 is 5.73 Å². The van der Waals surface area contributed by atoms with Crippen LogP contribution in [-0.2, 0) is 24.3 Å². The monoisotopic (exact) mass is 411 g/mol. The molecule has 0 bridgehead atoms. The Bertz CT molecular complexity index is 935. The number of hydrogen-bond donors (Lipinski definition) is 1. The first kappa shape index (κ1) is 21.5. The van der Waals surface area contributed by atoms with Crippen molar-refractivity contribution in [2.75, 3.05) is 32.9 Å². The molecular weight excluding hydrogens is 393 g/mol. The third-order valence-corrected chi connectivity index (χ3v) is 5.84. The summed E-state index contributed by atoms with van der Waals surface area (Å²) in [5.41, 5.74) is 4.87. The summed E-state index contributed by atoms with van der Waals surface area (Å²) in [6.45, 7) is 3.00. The van der Waals surface area contributed by atoms with Crippen LogP contribution in [0.25, 0.3) is 0 Å². The van der Waals surface area contributed by atoms with Gasteiger partial charge in [0.15, 0.2) is 12.4 Å². The molecule has 9 nitrogen and oxygen atoms in total. The van der Waals surface area contributed by atoms with Gasteiger partial charge in [-0.15, -0.1) is 0 Å². The lowest BCUT2D eigenvalue weighted by molar-refractivity contribution is -0.123. The summed E-state index contributed by atoms with van der Waals surface area (Å²) in [6, 6.07) is 4.33. The van der Waals surface area contributed by atoms with Crippen molar-refractivity contribution >= 4 is 21.8 Å². The van der Waals surface area contributed by atoms with E-state index in [-0.39, 0.29) is 37.6 Å². The molecule has 0 amide bonds. The third kappa shape index (κ3) is 4.72. The fourth-order valence-electron chi connectivity index (χ4n) is 2.42. The first-order chi connectivity index (χ1) is 13.2. The van der Waals surface area contributed by atoms with E-state index in [4.69, 9.17) is 20.5 Å². The Morgan fingerprint density at radius 2 is 2.04 bits per heavy atom. The minimum Gasteiger partial charge on any atom is -0.454 e. The molecule has 1 aliphatic heterocycles. The van der Waals surface area contributed by atoms with Gasteiger partial charge < -0.3 is 15.2 Å². The molecular formula is C17H18FN3O6S. The van der Waals surface area contributed by atoms with Gasteiger partial charge in [-0.3, -0.25) is 4.79 Å². The van der Waals surface area contributed by atoms with Crippen LogP contribution in [0.5, 0.6) is 0 Å². The number of sulfonamides is 1. The van der Waals surface area contributed by atoms with E-state index in [1.807, 2.05) is 0 Å². The fourth-order valence-corrected chi connectivity index (χ4v) is 3.92. The normalized spacial score (nSPS) is 16.0. The quantitative estimate of drug-likeness (QED) is 0.627. The molecule has 1 aromatic rings. The number of rotatable bonds is 7. The van der Waals surface area contributed by atoms with Crippen LogP contribution in [0.1, 0.15) is 10.4 Å². The lowest BCUT2D eigenvalue weighted by Gasteiger charge is -2.26. The molecule has 1 aliphatic rings. The van der Waals surface area contributed by atoms with Crippen LogP contribution in [0.15, 0.2) is 35.4 Å². The number of benzene rings is 1. The number of allylic oxidation sites excluding steroid dienone is 1. The molecule has 1 heterocycles. The summed E-state index contributed by atoms with van der Waals surface area (Å²) >= 11 is 0. The highest BCUT2D eigenvalue weighted by molar-refractivity contribution is 7.89. The maximum atomic E-state index is 14.1. The van der Waals surface area contributed by atoms with Gasteiger partial charge in [-0.25, -0.2) is 17.6 Å². The molecule has 1 aromatic carbocycles. The zero-order valence-corrected chi connectivity index (χ0v) is 15.6. The van der Waals surface area contributed by atoms with Gasteiger partial charge in [0.25, 0.3) is 0 Å². The van der Waals surface area contributed by atoms with Crippen LogP contribution in [0.4, 0.5) is 4.39 Å². The number of nitrogens with two attached hydrogens (primary N) is 1. The Hall–Kier alpha value is -2.81. The second-order valence-corrected chi connectivity index (χ2v) is 7.75.